The van der Waals surface area contributed by atoms with Gasteiger partial charge in [0.05, 0.1) is 0 Å². The molecule has 0 aromatic heterocycles. The molecule has 0 saturated heterocycles. The zero-order valence-electron chi connectivity index (χ0n) is 2.06. The second-order valence-corrected chi connectivity index (χ2v) is 2.61. The van der Waals surface area contributed by atoms with E-state index in [-0.39, 0.29) is 3.47 Å². The van der Waals surface area contributed by atoms with E-state index in [0.29, 0.717) is 25.8 Å². The van der Waals surface area contributed by atoms with Crippen molar-refractivity contribution in [2.75, 3.05) is 0 Å². The van der Waals surface area contributed by atoms with Crippen LogP contribution in [0.2, 0.25) is 0 Å². The molecule has 0 bridgehead atoms. The van der Waals surface area contributed by atoms with E-state index in [2.05, 4.69) is 5.73 Å². The second-order valence-electron chi connectivity index (χ2n) is 0.402. The Morgan fingerprint density at radius 1 is 2.00 bits per heavy atom. The van der Waals surface area contributed by atoms with E-state index >= 15 is 0 Å². The first-order chi connectivity index (χ1) is 1.73. The molecule has 0 fully saturated rings. The van der Waals surface area contributed by atoms with Crippen LogP contribution in [0.15, 0.2) is 0 Å². The van der Waals surface area contributed by atoms with Crippen LogP contribution in [-0.4, -0.2) is 29.2 Å². The molecule has 0 spiro atoms. The maximum absolute atomic E-state index is 9.30. The van der Waals surface area contributed by atoms with Gasteiger partial charge in [-0.2, -0.15) is 0 Å². The molecule has 0 aliphatic heterocycles. The van der Waals surface area contributed by atoms with Gasteiger partial charge in [0.2, 0.25) is 0 Å². The molecule has 4 heavy (non-hydrogen) atoms. The van der Waals surface area contributed by atoms with E-state index < -0.39 is 0 Å². The molecule has 22 valence electrons. The van der Waals surface area contributed by atoms with E-state index in [1.165, 1.54) is 0 Å². The summed E-state index contributed by atoms with van der Waals surface area (Å²) in [5, 5.41) is 0. The number of primary amides is 1. The van der Waals surface area contributed by atoms with E-state index in [1.807, 2.05) is 0 Å². The SMILES string of the molecule is N[C](=O)[PbH]. The van der Waals surface area contributed by atoms with Gasteiger partial charge < -0.3 is 0 Å². The van der Waals surface area contributed by atoms with E-state index in [1.54, 1.807) is 0 Å². The summed E-state index contributed by atoms with van der Waals surface area (Å²) in [6, 6.07) is 0. The molecule has 0 rings (SSSR count). The third-order valence-electron chi connectivity index (χ3n) is 0. The Hall–Kier alpha value is 0.392. The van der Waals surface area contributed by atoms with Crippen molar-refractivity contribution in [2.24, 2.45) is 5.73 Å². The van der Waals surface area contributed by atoms with Crippen molar-refractivity contribution in [2.45, 2.75) is 0 Å². The number of carbonyl (C=O) groups excluding carboxylic acids is 1. The molecule has 0 heterocycles. The first-order valence-electron chi connectivity index (χ1n) is 0.781. The fraction of sp³-hybridized carbons (Fsp3) is 0. The van der Waals surface area contributed by atoms with Crippen LogP contribution < -0.4 is 5.73 Å². The molecule has 2 N–H and O–H groups in total. The fourth-order valence-electron chi connectivity index (χ4n) is 0. The first kappa shape index (κ1) is 4.39. The van der Waals surface area contributed by atoms with Crippen molar-refractivity contribution in [1.29, 1.82) is 0 Å². The molecule has 0 aromatic rings. The zero-order valence-corrected chi connectivity index (χ0v) is 6.55. The van der Waals surface area contributed by atoms with Crippen molar-refractivity contribution < 1.29 is 4.79 Å². The van der Waals surface area contributed by atoms with Crippen LogP contribution in [0.5, 0.6) is 0 Å². The van der Waals surface area contributed by atoms with Crippen molar-refractivity contribution in [3.05, 3.63) is 0 Å². The Kier molecular flexibility index (Phi) is 1.85. The Morgan fingerprint density at radius 2 is 2.00 bits per heavy atom. The van der Waals surface area contributed by atoms with Gasteiger partial charge >= 0.3 is 39.8 Å². The van der Waals surface area contributed by atoms with Crippen LogP contribution in [0.3, 0.4) is 0 Å². The molecule has 0 aliphatic rings. The van der Waals surface area contributed by atoms with E-state index in [9.17, 15) is 4.79 Å². The predicted octanol–water partition coefficient (Wildman–Crippen LogP) is -1.03. The van der Waals surface area contributed by atoms with E-state index in [4.69, 9.17) is 0 Å². The van der Waals surface area contributed by atoms with Crippen LogP contribution in [0, 0.1) is 0 Å². The molecule has 0 saturated carbocycles. The Morgan fingerprint density at radius 3 is 2.00 bits per heavy atom. The summed E-state index contributed by atoms with van der Waals surface area (Å²) in [7, 11) is 0. The quantitative estimate of drug-likeness (QED) is 0.550. The molecule has 3 heteroatoms. The number of hydrogen-bond acceptors (Lipinski definition) is 1. The molecule has 0 atom stereocenters. The van der Waals surface area contributed by atoms with Crippen LogP contribution >= 0.6 is 0 Å². The molecule has 0 aliphatic carbocycles. The molecule has 1 amide bonds. The number of amides is 1. The number of hydrogen-bond donors (Lipinski definition) is 1. The number of rotatable bonds is 0. The van der Waals surface area contributed by atoms with Gasteiger partial charge in [-0.05, 0) is 0 Å². The number of nitrogens with two attached hydrogens (primary N) is 1. The van der Waals surface area contributed by atoms with Gasteiger partial charge in [0.15, 0.2) is 0 Å². The van der Waals surface area contributed by atoms with Gasteiger partial charge in [-0.25, -0.2) is 0 Å². The van der Waals surface area contributed by atoms with Gasteiger partial charge in [0, 0.05) is 0 Å². The predicted molar refractivity (Wildman–Crippen MR) is 16.7 cm³/mol. The summed E-state index contributed by atoms with van der Waals surface area (Å²) < 4.78 is -0.167. The van der Waals surface area contributed by atoms with Gasteiger partial charge in [0.1, 0.15) is 0 Å². The first-order valence-corrected chi connectivity index (χ1v) is 3.03. The van der Waals surface area contributed by atoms with Gasteiger partial charge in [-0.3, -0.25) is 0 Å². The molecular weight excluding hydrogens is 249 g/mol. The number of carbonyl (C=O) groups is 1. The maximum atomic E-state index is 9.30. The topological polar surface area (TPSA) is 43.1 Å². The normalized spacial score (nSPS) is 6.25. The summed E-state index contributed by atoms with van der Waals surface area (Å²) in [5.41, 5.74) is 4.55. The van der Waals surface area contributed by atoms with Gasteiger partial charge in [0.25, 0.3) is 0 Å². The minimum absolute atomic E-state index is 0.167. The Bertz CT molecular complexity index is 31.0. The van der Waals surface area contributed by atoms with Crippen LogP contribution in [0.25, 0.3) is 0 Å². The Balaban J connectivity index is 2.80. The summed E-state index contributed by atoms with van der Waals surface area (Å²) in [4.78, 5) is 9.30. The third-order valence-corrected chi connectivity index (χ3v) is 0. The van der Waals surface area contributed by atoms with Gasteiger partial charge in [-0.1, -0.05) is 0 Å². The molecular formula is CH3NOPb. The average molecular weight is 252 g/mol. The molecule has 0 unspecified atom stereocenters. The third kappa shape index (κ3) is 30.2. The zero-order chi connectivity index (χ0) is 3.58. The van der Waals surface area contributed by atoms with Crippen molar-refractivity contribution >= 4 is 29.2 Å². The molecule has 2 radical (unpaired) electrons. The van der Waals surface area contributed by atoms with Crippen LogP contribution in [-0.2, 0) is 0 Å². The summed E-state index contributed by atoms with van der Waals surface area (Å²) >= 11 is 0.324. The van der Waals surface area contributed by atoms with Crippen molar-refractivity contribution in [3.63, 3.8) is 0 Å². The van der Waals surface area contributed by atoms with Crippen molar-refractivity contribution in [3.8, 4) is 0 Å². The standard InChI is InChI=1S/CH2NO.Pb.H/c2-1-3;;/h(H2,2,3);;. The summed E-state index contributed by atoms with van der Waals surface area (Å²) in [6.07, 6.45) is 0. The van der Waals surface area contributed by atoms with Gasteiger partial charge in [-0.15, -0.1) is 0 Å². The minimum atomic E-state index is -0.167. The van der Waals surface area contributed by atoms with Crippen LogP contribution in [0.1, 0.15) is 0 Å². The Labute approximate surface area is 40.0 Å². The van der Waals surface area contributed by atoms with Crippen molar-refractivity contribution in [1.82, 2.24) is 0 Å². The van der Waals surface area contributed by atoms with Crippen LogP contribution in [0.4, 0.5) is 4.79 Å². The van der Waals surface area contributed by atoms with E-state index in [0.717, 1.165) is 0 Å². The second kappa shape index (κ2) is 1.69. The summed E-state index contributed by atoms with van der Waals surface area (Å²) in [6.45, 7) is 0. The molecule has 0 aromatic carbocycles. The molecule has 2 nitrogen and oxygen atoms in total. The summed E-state index contributed by atoms with van der Waals surface area (Å²) in [5.74, 6) is 0. The average Bonchev–Trinajstić information content (AvgIpc) is 0.811. The fourth-order valence-corrected chi connectivity index (χ4v) is 0. The monoisotopic (exact) mass is 253 g/mol.